The number of amides is 1. The lowest BCUT2D eigenvalue weighted by Crippen LogP contribution is -2.28. The van der Waals surface area contributed by atoms with Gasteiger partial charge in [0.05, 0.1) is 13.4 Å². The molecule has 1 aliphatic heterocycles. The van der Waals surface area contributed by atoms with Crippen molar-refractivity contribution in [3.63, 3.8) is 0 Å². The van der Waals surface area contributed by atoms with Gasteiger partial charge in [0.25, 0.3) is 0 Å². The number of carbonyl (C=O) groups excluding carboxylic acids is 1. The van der Waals surface area contributed by atoms with Crippen LogP contribution in [0.4, 0.5) is 5.82 Å². The Morgan fingerprint density at radius 3 is 2.57 bits per heavy atom. The summed E-state index contributed by atoms with van der Waals surface area (Å²) in [6.45, 7) is 2.71. The monoisotopic (exact) mass is 472 g/mol. The standard InChI is InChI=1S/C26H28N6O3/c1-35-21-10-6-19(7-11-21)24-29-25(27-13-12-18-4-8-20(33)9-5-18)23-26(30-24)32(17-28-23)16-15-31-14-2-3-22(31)34/h4-11,17,33H,2-3,12-16H2,1H3,(H,27,29,30). The quantitative estimate of drug-likeness (QED) is 0.384. The van der Waals surface area contributed by atoms with Crippen LogP contribution in [-0.4, -0.2) is 62.2 Å². The van der Waals surface area contributed by atoms with Crippen LogP contribution in [0.1, 0.15) is 18.4 Å². The maximum Gasteiger partial charge on any atom is 0.222 e. The summed E-state index contributed by atoms with van der Waals surface area (Å²) in [5.74, 6) is 2.48. The molecule has 2 aromatic heterocycles. The fourth-order valence-electron chi connectivity index (χ4n) is 4.26. The Kier molecular flexibility index (Phi) is 6.47. The van der Waals surface area contributed by atoms with Crippen LogP contribution in [0, 0.1) is 0 Å². The molecule has 35 heavy (non-hydrogen) atoms. The third-order valence-corrected chi connectivity index (χ3v) is 6.24. The van der Waals surface area contributed by atoms with E-state index < -0.39 is 0 Å². The largest absolute Gasteiger partial charge is 0.508 e. The minimum absolute atomic E-state index is 0.208. The molecule has 1 aliphatic rings. The molecule has 9 nitrogen and oxygen atoms in total. The van der Waals surface area contributed by atoms with Gasteiger partial charge in [0.2, 0.25) is 5.91 Å². The van der Waals surface area contributed by atoms with Crippen LogP contribution >= 0.6 is 0 Å². The number of nitrogens with zero attached hydrogens (tertiary/aromatic N) is 5. The Morgan fingerprint density at radius 2 is 1.86 bits per heavy atom. The number of phenolic OH excluding ortho intramolecular Hbond substituents is 1. The molecule has 2 aromatic carbocycles. The van der Waals surface area contributed by atoms with Gasteiger partial charge in [0.1, 0.15) is 17.0 Å². The first kappa shape index (κ1) is 22.6. The van der Waals surface area contributed by atoms with E-state index in [1.54, 1.807) is 25.6 Å². The third kappa shape index (κ3) is 5.03. The molecule has 4 aromatic rings. The van der Waals surface area contributed by atoms with Crippen LogP contribution in [0.3, 0.4) is 0 Å². The maximum atomic E-state index is 12.0. The zero-order chi connectivity index (χ0) is 24.2. The molecule has 2 N–H and O–H groups in total. The summed E-state index contributed by atoms with van der Waals surface area (Å²) in [6, 6.07) is 14.8. The van der Waals surface area contributed by atoms with E-state index in [0.29, 0.717) is 43.2 Å². The van der Waals surface area contributed by atoms with Crippen LogP contribution in [0.5, 0.6) is 11.5 Å². The Bertz CT molecular complexity index is 1320. The molecule has 0 bridgehead atoms. The fourth-order valence-corrected chi connectivity index (χ4v) is 4.26. The van der Waals surface area contributed by atoms with Gasteiger partial charge in [-0.15, -0.1) is 0 Å². The molecule has 0 radical (unpaired) electrons. The van der Waals surface area contributed by atoms with E-state index >= 15 is 0 Å². The molecule has 1 fully saturated rings. The van der Waals surface area contributed by atoms with Crippen molar-refractivity contribution in [3.8, 4) is 22.9 Å². The third-order valence-electron chi connectivity index (χ3n) is 6.24. The summed E-state index contributed by atoms with van der Waals surface area (Å²) in [5.41, 5.74) is 3.40. The van der Waals surface area contributed by atoms with Crippen molar-refractivity contribution in [2.45, 2.75) is 25.8 Å². The van der Waals surface area contributed by atoms with E-state index in [9.17, 15) is 9.90 Å². The summed E-state index contributed by atoms with van der Waals surface area (Å²) < 4.78 is 7.27. The highest BCUT2D eigenvalue weighted by Gasteiger charge is 2.21. The second-order valence-electron chi connectivity index (χ2n) is 8.56. The van der Waals surface area contributed by atoms with Crippen LogP contribution in [0.25, 0.3) is 22.6 Å². The summed E-state index contributed by atoms with van der Waals surface area (Å²) in [4.78, 5) is 28.2. The number of benzene rings is 2. The lowest BCUT2D eigenvalue weighted by Gasteiger charge is -2.16. The SMILES string of the molecule is COc1ccc(-c2nc(NCCc3ccc(O)cc3)c3ncn(CCN4CCCC4=O)c3n2)cc1. The maximum absolute atomic E-state index is 12.0. The van der Waals surface area contributed by atoms with Crippen molar-refractivity contribution >= 4 is 22.9 Å². The lowest BCUT2D eigenvalue weighted by molar-refractivity contribution is -0.127. The van der Waals surface area contributed by atoms with E-state index in [1.807, 2.05) is 45.9 Å². The lowest BCUT2D eigenvalue weighted by atomic mass is 10.1. The molecule has 9 heteroatoms. The molecule has 3 heterocycles. The first-order valence-electron chi connectivity index (χ1n) is 11.8. The van der Waals surface area contributed by atoms with Crippen LogP contribution < -0.4 is 10.1 Å². The van der Waals surface area contributed by atoms with Crippen molar-refractivity contribution in [2.24, 2.45) is 0 Å². The number of anilines is 1. The molecule has 0 aliphatic carbocycles. The van der Waals surface area contributed by atoms with Gasteiger partial charge in [0.15, 0.2) is 17.3 Å². The number of rotatable bonds is 9. The van der Waals surface area contributed by atoms with Crippen molar-refractivity contribution in [1.29, 1.82) is 0 Å². The van der Waals surface area contributed by atoms with Crippen molar-refractivity contribution in [3.05, 3.63) is 60.4 Å². The Balaban J connectivity index is 1.43. The van der Waals surface area contributed by atoms with Crippen molar-refractivity contribution in [1.82, 2.24) is 24.4 Å². The number of hydrogen-bond donors (Lipinski definition) is 2. The molecule has 180 valence electrons. The first-order valence-corrected chi connectivity index (χ1v) is 11.8. The predicted molar refractivity (Wildman–Crippen MR) is 133 cm³/mol. The van der Waals surface area contributed by atoms with E-state index in [1.165, 1.54) is 0 Å². The van der Waals surface area contributed by atoms with Gasteiger partial charge >= 0.3 is 0 Å². The molecule has 1 amide bonds. The van der Waals surface area contributed by atoms with Gasteiger partial charge in [-0.1, -0.05) is 12.1 Å². The second-order valence-corrected chi connectivity index (χ2v) is 8.56. The molecule has 0 unspecified atom stereocenters. The van der Waals surface area contributed by atoms with Gasteiger partial charge in [-0.2, -0.15) is 0 Å². The molecule has 0 atom stereocenters. The number of phenols is 1. The number of likely N-dealkylation sites (tertiary alicyclic amines) is 1. The number of fused-ring (bicyclic) bond motifs is 1. The van der Waals surface area contributed by atoms with E-state index in [0.717, 1.165) is 41.9 Å². The predicted octanol–water partition coefficient (Wildman–Crippen LogP) is 3.48. The first-order chi connectivity index (χ1) is 17.1. The van der Waals surface area contributed by atoms with Crippen molar-refractivity contribution in [2.75, 3.05) is 32.1 Å². The summed E-state index contributed by atoms with van der Waals surface area (Å²) in [5, 5.41) is 12.9. The summed E-state index contributed by atoms with van der Waals surface area (Å²) >= 11 is 0. The minimum atomic E-state index is 0.208. The highest BCUT2D eigenvalue weighted by Crippen LogP contribution is 2.26. The molecule has 5 rings (SSSR count). The van der Waals surface area contributed by atoms with Crippen molar-refractivity contribution < 1.29 is 14.6 Å². The topological polar surface area (TPSA) is 105 Å². The fraction of sp³-hybridized carbons (Fsp3) is 0.308. The number of hydrogen-bond acceptors (Lipinski definition) is 7. The number of nitrogens with one attached hydrogen (secondary N) is 1. The van der Waals surface area contributed by atoms with Gasteiger partial charge < -0.3 is 24.6 Å². The molecule has 0 saturated carbocycles. The number of imidazole rings is 1. The molecular weight excluding hydrogens is 444 g/mol. The number of ether oxygens (including phenoxy) is 1. The average Bonchev–Trinajstić information content (AvgIpc) is 3.49. The number of aromatic hydroxyl groups is 1. The number of aromatic nitrogens is 4. The van der Waals surface area contributed by atoms with E-state index in [2.05, 4.69) is 10.3 Å². The van der Waals surface area contributed by atoms with E-state index in [-0.39, 0.29) is 11.7 Å². The minimum Gasteiger partial charge on any atom is -0.508 e. The van der Waals surface area contributed by atoms with E-state index in [4.69, 9.17) is 14.7 Å². The smallest absolute Gasteiger partial charge is 0.222 e. The molecule has 1 saturated heterocycles. The Hall–Kier alpha value is -4.14. The average molecular weight is 473 g/mol. The highest BCUT2D eigenvalue weighted by atomic mass is 16.5. The molecular formula is C26H28N6O3. The zero-order valence-electron chi connectivity index (χ0n) is 19.6. The van der Waals surface area contributed by atoms with Gasteiger partial charge in [-0.25, -0.2) is 15.0 Å². The van der Waals surface area contributed by atoms with Crippen LogP contribution in [0.15, 0.2) is 54.9 Å². The summed E-state index contributed by atoms with van der Waals surface area (Å²) in [7, 11) is 1.64. The second kappa shape index (κ2) is 10.0. The zero-order valence-corrected chi connectivity index (χ0v) is 19.6. The van der Waals surface area contributed by atoms with Gasteiger partial charge in [-0.3, -0.25) is 4.79 Å². The normalized spacial score (nSPS) is 13.5. The summed E-state index contributed by atoms with van der Waals surface area (Å²) in [6.07, 6.45) is 4.08. The number of carbonyl (C=O) groups is 1. The molecule has 0 spiro atoms. The Morgan fingerprint density at radius 1 is 1.06 bits per heavy atom. The number of methoxy groups -OCH3 is 1. The van der Waals surface area contributed by atoms with Crippen LogP contribution in [-0.2, 0) is 17.8 Å². The highest BCUT2D eigenvalue weighted by molar-refractivity contribution is 5.85. The van der Waals surface area contributed by atoms with Gasteiger partial charge in [-0.05, 0) is 54.8 Å². The van der Waals surface area contributed by atoms with Gasteiger partial charge in [0, 0.05) is 38.2 Å². The Labute approximate surface area is 203 Å². The van der Waals surface area contributed by atoms with Crippen LogP contribution in [0.2, 0.25) is 0 Å².